The highest BCUT2D eigenvalue weighted by molar-refractivity contribution is 4.57. The highest BCUT2D eigenvalue weighted by Gasteiger charge is 2.05. The third kappa shape index (κ3) is 5.76. The molecular formula is C6H14O3. The summed E-state index contributed by atoms with van der Waals surface area (Å²) in [5.74, 6) is 0. The minimum atomic E-state index is -0.560. The standard InChI is InChI=1S/C6H14O3/c1-5(8)4-6(9)2-3-7/h5-9H,2-4H2,1H3. The van der Waals surface area contributed by atoms with Crippen LogP contribution >= 0.6 is 0 Å². The summed E-state index contributed by atoms with van der Waals surface area (Å²) >= 11 is 0. The van der Waals surface area contributed by atoms with Gasteiger partial charge in [-0.1, -0.05) is 0 Å². The summed E-state index contributed by atoms with van der Waals surface area (Å²) in [5, 5.41) is 25.9. The smallest absolute Gasteiger partial charge is 0.0586 e. The molecule has 0 radical (unpaired) electrons. The van der Waals surface area contributed by atoms with Gasteiger partial charge in [-0.25, -0.2) is 0 Å². The van der Waals surface area contributed by atoms with Crippen molar-refractivity contribution in [3.63, 3.8) is 0 Å². The molecule has 0 aliphatic rings. The molecule has 0 heterocycles. The molecular weight excluding hydrogens is 120 g/mol. The number of aliphatic hydroxyl groups excluding tert-OH is 3. The summed E-state index contributed by atoms with van der Waals surface area (Å²) in [6, 6.07) is 0. The van der Waals surface area contributed by atoms with Crippen LogP contribution in [0.5, 0.6) is 0 Å². The molecule has 3 N–H and O–H groups in total. The van der Waals surface area contributed by atoms with E-state index in [9.17, 15) is 0 Å². The monoisotopic (exact) mass is 134 g/mol. The molecule has 2 unspecified atom stereocenters. The Bertz CT molecular complexity index is 63.3. The molecule has 0 aromatic carbocycles. The zero-order valence-electron chi connectivity index (χ0n) is 5.62. The Morgan fingerprint density at radius 1 is 1.33 bits per heavy atom. The highest BCUT2D eigenvalue weighted by atomic mass is 16.3. The zero-order chi connectivity index (χ0) is 7.28. The Hall–Kier alpha value is -0.120. The lowest BCUT2D eigenvalue weighted by molar-refractivity contribution is 0.0722. The topological polar surface area (TPSA) is 60.7 Å². The Kier molecular flexibility index (Phi) is 4.67. The van der Waals surface area contributed by atoms with Crippen molar-refractivity contribution in [2.75, 3.05) is 6.61 Å². The fourth-order valence-corrected chi connectivity index (χ4v) is 0.661. The second-order valence-corrected chi connectivity index (χ2v) is 2.25. The lowest BCUT2D eigenvalue weighted by Crippen LogP contribution is -2.15. The molecule has 0 aliphatic carbocycles. The Labute approximate surface area is 54.9 Å². The van der Waals surface area contributed by atoms with Crippen LogP contribution in [0, 0.1) is 0 Å². The SMILES string of the molecule is CC(O)CC(O)CCO. The van der Waals surface area contributed by atoms with Gasteiger partial charge in [0.25, 0.3) is 0 Å². The maximum atomic E-state index is 8.90. The van der Waals surface area contributed by atoms with E-state index in [4.69, 9.17) is 15.3 Å². The van der Waals surface area contributed by atoms with Crippen LogP contribution < -0.4 is 0 Å². The average molecular weight is 134 g/mol. The van der Waals surface area contributed by atoms with E-state index in [-0.39, 0.29) is 6.61 Å². The van der Waals surface area contributed by atoms with E-state index >= 15 is 0 Å². The minimum absolute atomic E-state index is 0.0200. The van der Waals surface area contributed by atoms with Crippen LogP contribution in [0.3, 0.4) is 0 Å². The number of aliphatic hydroxyl groups is 3. The van der Waals surface area contributed by atoms with Gasteiger partial charge < -0.3 is 15.3 Å². The predicted molar refractivity (Wildman–Crippen MR) is 34.0 cm³/mol. The molecule has 0 saturated carbocycles. The third-order valence-electron chi connectivity index (χ3n) is 1.08. The molecule has 9 heavy (non-hydrogen) atoms. The largest absolute Gasteiger partial charge is 0.396 e. The summed E-state index contributed by atoms with van der Waals surface area (Å²) in [6.07, 6.45) is -0.340. The van der Waals surface area contributed by atoms with E-state index in [1.165, 1.54) is 0 Å². The summed E-state index contributed by atoms with van der Waals surface area (Å²) in [7, 11) is 0. The van der Waals surface area contributed by atoms with Gasteiger partial charge in [0.1, 0.15) is 0 Å². The zero-order valence-corrected chi connectivity index (χ0v) is 5.62. The van der Waals surface area contributed by atoms with E-state index in [1.807, 2.05) is 0 Å². The molecule has 0 fully saturated rings. The molecule has 56 valence electrons. The molecule has 0 rings (SSSR count). The van der Waals surface area contributed by atoms with Gasteiger partial charge in [-0.05, 0) is 19.8 Å². The van der Waals surface area contributed by atoms with Crippen molar-refractivity contribution < 1.29 is 15.3 Å². The van der Waals surface area contributed by atoms with Crippen molar-refractivity contribution in [2.45, 2.75) is 32.0 Å². The van der Waals surface area contributed by atoms with Crippen LogP contribution in [0.4, 0.5) is 0 Å². The number of hydrogen-bond donors (Lipinski definition) is 3. The first-order chi connectivity index (χ1) is 4.16. The molecule has 0 aliphatic heterocycles. The van der Waals surface area contributed by atoms with Crippen LogP contribution in [0.1, 0.15) is 19.8 Å². The van der Waals surface area contributed by atoms with Gasteiger partial charge in [0.2, 0.25) is 0 Å². The lowest BCUT2D eigenvalue weighted by atomic mass is 10.1. The second kappa shape index (κ2) is 4.73. The molecule has 2 atom stereocenters. The van der Waals surface area contributed by atoms with E-state index in [1.54, 1.807) is 6.92 Å². The summed E-state index contributed by atoms with van der Waals surface area (Å²) in [5.41, 5.74) is 0. The van der Waals surface area contributed by atoms with Crippen molar-refractivity contribution in [3.05, 3.63) is 0 Å². The molecule has 3 nitrogen and oxygen atoms in total. The predicted octanol–water partition coefficient (Wildman–Crippen LogP) is -0.499. The van der Waals surface area contributed by atoms with Crippen LogP contribution in [0.2, 0.25) is 0 Å². The van der Waals surface area contributed by atoms with Crippen molar-refractivity contribution in [1.29, 1.82) is 0 Å². The van der Waals surface area contributed by atoms with Gasteiger partial charge >= 0.3 is 0 Å². The van der Waals surface area contributed by atoms with Crippen LogP contribution in [-0.2, 0) is 0 Å². The van der Waals surface area contributed by atoms with Gasteiger partial charge in [0.05, 0.1) is 12.2 Å². The molecule has 0 amide bonds. The Morgan fingerprint density at radius 2 is 1.89 bits per heavy atom. The van der Waals surface area contributed by atoms with Gasteiger partial charge in [-0.3, -0.25) is 0 Å². The van der Waals surface area contributed by atoms with Crippen LogP contribution in [-0.4, -0.2) is 34.1 Å². The quantitative estimate of drug-likeness (QED) is 0.486. The molecule has 0 aromatic rings. The lowest BCUT2D eigenvalue weighted by Gasteiger charge is -2.09. The summed E-state index contributed by atoms with van der Waals surface area (Å²) < 4.78 is 0. The first kappa shape index (κ1) is 8.88. The fraction of sp³-hybridized carbons (Fsp3) is 1.00. The van der Waals surface area contributed by atoms with Crippen molar-refractivity contribution >= 4 is 0 Å². The molecule has 0 bridgehead atoms. The van der Waals surface area contributed by atoms with Crippen molar-refractivity contribution in [1.82, 2.24) is 0 Å². The van der Waals surface area contributed by atoms with Gasteiger partial charge in [0.15, 0.2) is 0 Å². The van der Waals surface area contributed by atoms with E-state index < -0.39 is 12.2 Å². The molecule has 3 heteroatoms. The van der Waals surface area contributed by atoms with Crippen molar-refractivity contribution in [2.24, 2.45) is 0 Å². The third-order valence-corrected chi connectivity index (χ3v) is 1.08. The molecule has 0 saturated heterocycles. The Morgan fingerprint density at radius 3 is 2.22 bits per heavy atom. The maximum absolute atomic E-state index is 8.90. The van der Waals surface area contributed by atoms with Crippen LogP contribution in [0.25, 0.3) is 0 Å². The van der Waals surface area contributed by atoms with Crippen molar-refractivity contribution in [3.8, 4) is 0 Å². The summed E-state index contributed by atoms with van der Waals surface area (Å²) in [4.78, 5) is 0. The van der Waals surface area contributed by atoms with E-state index in [0.29, 0.717) is 12.8 Å². The Balaban J connectivity index is 3.15. The fourth-order valence-electron chi connectivity index (χ4n) is 0.661. The van der Waals surface area contributed by atoms with E-state index in [0.717, 1.165) is 0 Å². The van der Waals surface area contributed by atoms with Crippen LogP contribution in [0.15, 0.2) is 0 Å². The minimum Gasteiger partial charge on any atom is -0.396 e. The molecule has 0 spiro atoms. The summed E-state index contributed by atoms with van der Waals surface area (Å²) in [6.45, 7) is 1.59. The van der Waals surface area contributed by atoms with Gasteiger partial charge in [-0.2, -0.15) is 0 Å². The first-order valence-corrected chi connectivity index (χ1v) is 3.13. The number of hydrogen-bond acceptors (Lipinski definition) is 3. The van der Waals surface area contributed by atoms with Gasteiger partial charge in [-0.15, -0.1) is 0 Å². The second-order valence-electron chi connectivity index (χ2n) is 2.25. The maximum Gasteiger partial charge on any atom is 0.0586 e. The molecule has 0 aromatic heterocycles. The van der Waals surface area contributed by atoms with E-state index in [2.05, 4.69) is 0 Å². The van der Waals surface area contributed by atoms with Gasteiger partial charge in [0, 0.05) is 6.61 Å². The normalized spacial score (nSPS) is 17.3. The number of rotatable bonds is 4. The average Bonchev–Trinajstić information content (AvgIpc) is 1.63. The first-order valence-electron chi connectivity index (χ1n) is 3.13. The highest BCUT2D eigenvalue weighted by Crippen LogP contribution is 2.00.